The average molecular weight is 396 g/mol. The molecule has 1 aliphatic heterocycles. The standard InChI is InChI=1S/C19H17FN6O3/c20-7-12(8-21)9-26-19(28)25(11-23-26)15-2-1-5-22-18(15)13-3-4-16-14(6-13)24-17(27)10-29-16/h1-7,11H,8-10,21H2,(H,24,27)/b12-7+. The molecule has 0 unspecified atom stereocenters. The monoisotopic (exact) mass is 396 g/mol. The predicted molar refractivity (Wildman–Crippen MR) is 103 cm³/mol. The summed E-state index contributed by atoms with van der Waals surface area (Å²) in [5.74, 6) is 0.313. The van der Waals surface area contributed by atoms with Gasteiger partial charge in [-0.15, -0.1) is 0 Å². The molecule has 1 aliphatic rings. The first-order valence-electron chi connectivity index (χ1n) is 8.76. The molecule has 1 aromatic carbocycles. The van der Waals surface area contributed by atoms with Crippen LogP contribution in [0.3, 0.4) is 0 Å². The molecular formula is C19H17FN6O3. The van der Waals surface area contributed by atoms with E-state index < -0.39 is 5.69 Å². The van der Waals surface area contributed by atoms with Gasteiger partial charge in [0.25, 0.3) is 5.91 Å². The predicted octanol–water partition coefficient (Wildman–Crippen LogP) is 1.24. The molecule has 0 aliphatic carbocycles. The van der Waals surface area contributed by atoms with Gasteiger partial charge in [-0.25, -0.2) is 18.4 Å². The fraction of sp³-hybridized carbons (Fsp3) is 0.158. The summed E-state index contributed by atoms with van der Waals surface area (Å²) in [4.78, 5) is 28.8. The van der Waals surface area contributed by atoms with Crippen LogP contribution >= 0.6 is 0 Å². The minimum absolute atomic E-state index is 0.0170. The summed E-state index contributed by atoms with van der Waals surface area (Å²) in [6.45, 7) is -0.0959. The summed E-state index contributed by atoms with van der Waals surface area (Å²) in [5, 5.41) is 6.79. The van der Waals surface area contributed by atoms with Crippen LogP contribution in [0.2, 0.25) is 0 Å². The van der Waals surface area contributed by atoms with Gasteiger partial charge in [-0.2, -0.15) is 5.10 Å². The number of halogens is 1. The van der Waals surface area contributed by atoms with Crippen molar-refractivity contribution >= 4 is 11.6 Å². The van der Waals surface area contributed by atoms with Gasteiger partial charge in [-0.1, -0.05) is 0 Å². The highest BCUT2D eigenvalue weighted by atomic mass is 19.1. The first-order chi connectivity index (χ1) is 14.1. The molecule has 148 valence electrons. The first kappa shape index (κ1) is 18.6. The average Bonchev–Trinajstić information content (AvgIpc) is 3.11. The van der Waals surface area contributed by atoms with E-state index in [1.807, 2.05) is 0 Å². The summed E-state index contributed by atoms with van der Waals surface area (Å²) in [6, 6.07) is 8.66. The van der Waals surface area contributed by atoms with E-state index in [4.69, 9.17) is 10.5 Å². The van der Waals surface area contributed by atoms with E-state index in [9.17, 15) is 14.0 Å². The van der Waals surface area contributed by atoms with E-state index in [0.29, 0.717) is 34.7 Å². The van der Waals surface area contributed by atoms with Crippen molar-refractivity contribution in [1.29, 1.82) is 0 Å². The lowest BCUT2D eigenvalue weighted by Crippen LogP contribution is -2.26. The SMILES string of the molecule is NC/C(=C\F)Cn1ncn(-c2cccnc2-c2ccc3c(c2)NC(=O)CO3)c1=O. The third-order valence-corrected chi connectivity index (χ3v) is 4.43. The lowest BCUT2D eigenvalue weighted by atomic mass is 10.1. The van der Waals surface area contributed by atoms with Crippen molar-refractivity contribution in [2.24, 2.45) is 5.73 Å². The number of amides is 1. The smallest absolute Gasteiger partial charge is 0.350 e. The molecule has 0 radical (unpaired) electrons. The second-order valence-electron chi connectivity index (χ2n) is 6.33. The summed E-state index contributed by atoms with van der Waals surface area (Å²) < 4.78 is 20.6. The normalized spacial score (nSPS) is 13.6. The first-order valence-corrected chi connectivity index (χ1v) is 8.76. The van der Waals surface area contributed by atoms with Gasteiger partial charge in [-0.05, 0) is 35.9 Å². The number of pyridine rings is 1. The van der Waals surface area contributed by atoms with Gasteiger partial charge in [-0.3, -0.25) is 9.78 Å². The Hall–Kier alpha value is -3.79. The largest absolute Gasteiger partial charge is 0.482 e. The number of nitrogens with zero attached hydrogens (tertiary/aromatic N) is 4. The van der Waals surface area contributed by atoms with Crippen LogP contribution in [-0.4, -0.2) is 38.4 Å². The lowest BCUT2D eigenvalue weighted by molar-refractivity contribution is -0.118. The third kappa shape index (κ3) is 3.52. The van der Waals surface area contributed by atoms with E-state index >= 15 is 0 Å². The van der Waals surface area contributed by atoms with Gasteiger partial charge < -0.3 is 15.8 Å². The molecule has 0 atom stereocenters. The van der Waals surface area contributed by atoms with Gasteiger partial charge in [0, 0.05) is 18.3 Å². The minimum atomic E-state index is -0.457. The van der Waals surface area contributed by atoms with Gasteiger partial charge in [0.05, 0.1) is 29.9 Å². The maximum Gasteiger partial charge on any atom is 0.350 e. The maximum absolute atomic E-state index is 12.8. The number of hydrogen-bond donors (Lipinski definition) is 2. The van der Waals surface area contributed by atoms with Crippen LogP contribution in [0.15, 0.2) is 59.6 Å². The zero-order valence-corrected chi connectivity index (χ0v) is 15.2. The number of anilines is 1. The van der Waals surface area contributed by atoms with Gasteiger partial charge >= 0.3 is 5.69 Å². The Morgan fingerprint density at radius 2 is 2.21 bits per heavy atom. The highest BCUT2D eigenvalue weighted by Gasteiger charge is 2.19. The number of fused-ring (bicyclic) bond motifs is 1. The van der Waals surface area contributed by atoms with E-state index in [1.54, 1.807) is 36.5 Å². The molecule has 10 heteroatoms. The molecule has 4 rings (SSSR count). The maximum atomic E-state index is 12.8. The van der Waals surface area contributed by atoms with Crippen LogP contribution in [0.1, 0.15) is 0 Å². The van der Waals surface area contributed by atoms with Crippen LogP contribution in [0.25, 0.3) is 16.9 Å². The van der Waals surface area contributed by atoms with Crippen molar-refractivity contribution in [2.45, 2.75) is 6.54 Å². The second-order valence-corrected chi connectivity index (χ2v) is 6.33. The van der Waals surface area contributed by atoms with Crippen molar-refractivity contribution < 1.29 is 13.9 Å². The van der Waals surface area contributed by atoms with E-state index in [1.165, 1.54) is 10.9 Å². The molecule has 9 nitrogen and oxygen atoms in total. The van der Waals surface area contributed by atoms with Crippen molar-refractivity contribution in [3.05, 3.63) is 65.2 Å². The highest BCUT2D eigenvalue weighted by molar-refractivity contribution is 5.96. The zero-order chi connectivity index (χ0) is 20.4. The Morgan fingerprint density at radius 1 is 1.34 bits per heavy atom. The van der Waals surface area contributed by atoms with E-state index in [-0.39, 0.29) is 31.2 Å². The molecule has 0 saturated heterocycles. The zero-order valence-electron chi connectivity index (χ0n) is 15.2. The number of rotatable bonds is 5. The molecule has 3 heterocycles. The Labute approximate surface area is 164 Å². The van der Waals surface area contributed by atoms with E-state index in [2.05, 4.69) is 15.4 Å². The minimum Gasteiger partial charge on any atom is -0.482 e. The Morgan fingerprint density at radius 3 is 3.00 bits per heavy atom. The van der Waals surface area contributed by atoms with Crippen LogP contribution in [-0.2, 0) is 11.3 Å². The van der Waals surface area contributed by atoms with Crippen LogP contribution < -0.4 is 21.5 Å². The van der Waals surface area contributed by atoms with Gasteiger partial charge in [0.15, 0.2) is 6.61 Å². The molecule has 0 bridgehead atoms. The number of aromatic nitrogens is 4. The van der Waals surface area contributed by atoms with Crippen LogP contribution in [0.5, 0.6) is 5.75 Å². The highest BCUT2D eigenvalue weighted by Crippen LogP contribution is 2.33. The molecule has 0 saturated carbocycles. The molecule has 1 amide bonds. The second kappa shape index (κ2) is 7.68. The molecule has 29 heavy (non-hydrogen) atoms. The Kier molecular flexibility index (Phi) is 4.92. The molecular weight excluding hydrogens is 379 g/mol. The van der Waals surface area contributed by atoms with Crippen molar-refractivity contribution in [1.82, 2.24) is 19.3 Å². The number of carbonyl (C=O) groups excluding carboxylic acids is 1. The molecule has 3 aromatic rings. The van der Waals surface area contributed by atoms with E-state index in [0.717, 1.165) is 4.68 Å². The van der Waals surface area contributed by atoms with Crippen LogP contribution in [0.4, 0.5) is 10.1 Å². The van der Waals surface area contributed by atoms with Crippen molar-refractivity contribution in [3.8, 4) is 22.7 Å². The molecule has 3 N–H and O–H groups in total. The Bertz CT molecular complexity index is 1170. The summed E-state index contributed by atoms with van der Waals surface area (Å²) in [7, 11) is 0. The quantitative estimate of drug-likeness (QED) is 0.670. The van der Waals surface area contributed by atoms with Crippen molar-refractivity contribution in [3.63, 3.8) is 0 Å². The van der Waals surface area contributed by atoms with Crippen molar-refractivity contribution in [2.75, 3.05) is 18.5 Å². The molecule has 2 aromatic heterocycles. The number of nitrogens with two attached hydrogens (primary N) is 1. The van der Waals surface area contributed by atoms with Gasteiger partial charge in [0.1, 0.15) is 12.1 Å². The summed E-state index contributed by atoms with van der Waals surface area (Å²) >= 11 is 0. The lowest BCUT2D eigenvalue weighted by Gasteiger charge is -2.19. The number of hydrogen-bond acceptors (Lipinski definition) is 6. The van der Waals surface area contributed by atoms with Crippen LogP contribution in [0, 0.1) is 0 Å². The number of nitrogens with one attached hydrogen (secondary N) is 1. The third-order valence-electron chi connectivity index (χ3n) is 4.43. The topological polar surface area (TPSA) is 117 Å². The van der Waals surface area contributed by atoms with Gasteiger partial charge in [0.2, 0.25) is 0 Å². The number of benzene rings is 1. The number of carbonyl (C=O) groups is 1. The molecule has 0 spiro atoms. The molecule has 0 fully saturated rings. The fourth-order valence-electron chi connectivity index (χ4n) is 2.99. The number of ether oxygens (including phenoxy) is 1. The summed E-state index contributed by atoms with van der Waals surface area (Å²) in [6.07, 6.45) is 3.32. The Balaban J connectivity index is 1.76. The fourth-order valence-corrected chi connectivity index (χ4v) is 2.99. The summed E-state index contributed by atoms with van der Waals surface area (Å²) in [5.41, 5.74) is 7.45.